The molecule has 0 bridgehead atoms. The average Bonchev–Trinajstić information content (AvgIpc) is 2.83. The number of hydrogen-bond acceptors (Lipinski definition) is 4. The minimum absolute atomic E-state index is 0.0767. The van der Waals surface area contributed by atoms with Gasteiger partial charge in [0.1, 0.15) is 0 Å². The summed E-state index contributed by atoms with van der Waals surface area (Å²) >= 11 is 7.64. The average molecular weight is 297 g/mol. The Hall–Kier alpha value is -1.52. The van der Waals surface area contributed by atoms with Gasteiger partial charge in [0.25, 0.3) is 0 Å². The lowest BCUT2D eigenvalue weighted by atomic mass is 10.1. The Balaban J connectivity index is 2.46. The van der Waals surface area contributed by atoms with Gasteiger partial charge < -0.3 is 9.47 Å². The highest BCUT2D eigenvalue weighted by molar-refractivity contribution is 7.10. The van der Waals surface area contributed by atoms with Gasteiger partial charge in [-0.2, -0.15) is 0 Å². The maximum absolute atomic E-state index is 12.3. The molecule has 0 aliphatic carbocycles. The first-order valence-corrected chi connectivity index (χ1v) is 6.84. The van der Waals surface area contributed by atoms with E-state index in [1.165, 1.54) is 25.6 Å². The van der Waals surface area contributed by atoms with E-state index in [1.54, 1.807) is 12.1 Å². The SMILES string of the molecule is COc1cc(C(=O)c2csc(C)c2)cc(Cl)c1OC. The van der Waals surface area contributed by atoms with Crippen molar-refractivity contribution in [3.05, 3.63) is 44.6 Å². The van der Waals surface area contributed by atoms with E-state index in [2.05, 4.69) is 0 Å². The monoisotopic (exact) mass is 296 g/mol. The van der Waals surface area contributed by atoms with Gasteiger partial charge in [0, 0.05) is 21.4 Å². The van der Waals surface area contributed by atoms with Crippen molar-refractivity contribution in [1.82, 2.24) is 0 Å². The lowest BCUT2D eigenvalue weighted by Gasteiger charge is -2.10. The van der Waals surface area contributed by atoms with E-state index in [4.69, 9.17) is 21.1 Å². The van der Waals surface area contributed by atoms with Crippen LogP contribution in [0, 0.1) is 6.92 Å². The number of halogens is 1. The number of carbonyl (C=O) groups excluding carboxylic acids is 1. The van der Waals surface area contributed by atoms with Crippen molar-refractivity contribution in [2.75, 3.05) is 14.2 Å². The molecular formula is C14H13ClO3S. The van der Waals surface area contributed by atoms with Crippen LogP contribution in [0.4, 0.5) is 0 Å². The summed E-state index contributed by atoms with van der Waals surface area (Å²) in [7, 11) is 3.02. The van der Waals surface area contributed by atoms with Crippen molar-refractivity contribution in [2.45, 2.75) is 6.92 Å². The number of ether oxygens (including phenoxy) is 2. The molecule has 2 aromatic rings. The highest BCUT2D eigenvalue weighted by atomic mass is 35.5. The van der Waals surface area contributed by atoms with Crippen LogP contribution in [0.15, 0.2) is 23.6 Å². The van der Waals surface area contributed by atoms with Gasteiger partial charge >= 0.3 is 0 Å². The number of rotatable bonds is 4. The van der Waals surface area contributed by atoms with Crippen LogP contribution in [-0.2, 0) is 0 Å². The molecule has 0 spiro atoms. The third-order valence-electron chi connectivity index (χ3n) is 2.69. The molecule has 0 aliphatic rings. The molecule has 5 heteroatoms. The number of benzene rings is 1. The first-order chi connectivity index (χ1) is 9.06. The summed E-state index contributed by atoms with van der Waals surface area (Å²) < 4.78 is 10.3. The fraction of sp³-hybridized carbons (Fsp3) is 0.214. The Kier molecular flexibility index (Phi) is 4.12. The molecule has 0 fully saturated rings. The summed E-state index contributed by atoms with van der Waals surface area (Å²) in [6.45, 7) is 1.96. The fourth-order valence-corrected chi connectivity index (χ4v) is 2.75. The van der Waals surface area contributed by atoms with Gasteiger partial charge in [-0.15, -0.1) is 11.3 Å². The van der Waals surface area contributed by atoms with Gasteiger partial charge in [-0.25, -0.2) is 0 Å². The lowest BCUT2D eigenvalue weighted by Crippen LogP contribution is -2.01. The third kappa shape index (κ3) is 2.74. The maximum atomic E-state index is 12.3. The summed E-state index contributed by atoms with van der Waals surface area (Å²) in [6, 6.07) is 5.09. The first kappa shape index (κ1) is 13.9. The Morgan fingerprint density at radius 2 is 1.89 bits per heavy atom. The second-order valence-corrected chi connectivity index (χ2v) is 5.49. The molecule has 19 heavy (non-hydrogen) atoms. The molecule has 0 amide bonds. The van der Waals surface area contributed by atoms with Crippen LogP contribution in [0.3, 0.4) is 0 Å². The molecule has 0 aliphatic heterocycles. The Morgan fingerprint density at radius 1 is 1.16 bits per heavy atom. The topological polar surface area (TPSA) is 35.5 Å². The molecule has 0 saturated carbocycles. The Bertz CT molecular complexity index is 619. The van der Waals surface area contributed by atoms with Crippen molar-refractivity contribution < 1.29 is 14.3 Å². The maximum Gasteiger partial charge on any atom is 0.194 e. The van der Waals surface area contributed by atoms with Gasteiger partial charge in [0.15, 0.2) is 17.3 Å². The Morgan fingerprint density at radius 3 is 2.42 bits per heavy atom. The molecule has 100 valence electrons. The van der Waals surface area contributed by atoms with E-state index in [0.717, 1.165) is 4.88 Å². The minimum Gasteiger partial charge on any atom is -0.493 e. The highest BCUT2D eigenvalue weighted by Gasteiger charge is 2.17. The van der Waals surface area contributed by atoms with Gasteiger partial charge in [0.05, 0.1) is 19.2 Å². The normalized spacial score (nSPS) is 10.3. The van der Waals surface area contributed by atoms with Gasteiger partial charge in [-0.05, 0) is 25.1 Å². The van der Waals surface area contributed by atoms with E-state index in [-0.39, 0.29) is 5.78 Å². The molecule has 1 aromatic carbocycles. The first-order valence-electron chi connectivity index (χ1n) is 5.58. The molecule has 3 nitrogen and oxygen atoms in total. The molecule has 2 rings (SSSR count). The standard InChI is InChI=1S/C14H13ClO3S/c1-8-4-10(7-19-8)13(16)9-5-11(15)14(18-3)12(6-9)17-2/h4-7H,1-3H3. The smallest absolute Gasteiger partial charge is 0.194 e. The largest absolute Gasteiger partial charge is 0.493 e. The van der Waals surface area contributed by atoms with Crippen LogP contribution < -0.4 is 9.47 Å². The van der Waals surface area contributed by atoms with Crippen molar-refractivity contribution in [3.63, 3.8) is 0 Å². The molecule has 0 atom stereocenters. The number of ketones is 1. The number of carbonyl (C=O) groups is 1. The van der Waals surface area contributed by atoms with Crippen molar-refractivity contribution in [3.8, 4) is 11.5 Å². The van der Waals surface area contributed by atoms with Crippen LogP contribution in [-0.4, -0.2) is 20.0 Å². The summed E-state index contributed by atoms with van der Waals surface area (Å²) in [5, 5.41) is 2.19. The Labute approximate surface area is 120 Å². The van der Waals surface area contributed by atoms with E-state index >= 15 is 0 Å². The van der Waals surface area contributed by atoms with Crippen molar-refractivity contribution in [2.24, 2.45) is 0 Å². The predicted octanol–water partition coefficient (Wildman–Crippen LogP) is 3.96. The van der Waals surface area contributed by atoms with Crippen molar-refractivity contribution >= 4 is 28.7 Å². The van der Waals surface area contributed by atoms with Crippen LogP contribution in [0.1, 0.15) is 20.8 Å². The van der Waals surface area contributed by atoms with Crippen LogP contribution in [0.5, 0.6) is 11.5 Å². The lowest BCUT2D eigenvalue weighted by molar-refractivity contribution is 0.103. The summed E-state index contributed by atoms with van der Waals surface area (Å²) in [6.07, 6.45) is 0. The van der Waals surface area contributed by atoms with Crippen LogP contribution >= 0.6 is 22.9 Å². The quantitative estimate of drug-likeness (QED) is 0.801. The minimum atomic E-state index is -0.0767. The fourth-order valence-electron chi connectivity index (χ4n) is 1.78. The molecule has 0 N–H and O–H groups in total. The molecular weight excluding hydrogens is 284 g/mol. The van der Waals surface area contributed by atoms with Crippen LogP contribution in [0.25, 0.3) is 0 Å². The highest BCUT2D eigenvalue weighted by Crippen LogP contribution is 2.36. The van der Waals surface area contributed by atoms with Crippen molar-refractivity contribution in [1.29, 1.82) is 0 Å². The summed E-state index contributed by atoms with van der Waals surface area (Å²) in [5.74, 6) is 0.805. The zero-order valence-corrected chi connectivity index (χ0v) is 12.4. The number of thiophene rings is 1. The summed E-state index contributed by atoms with van der Waals surface area (Å²) in [4.78, 5) is 13.4. The van der Waals surface area contributed by atoms with Gasteiger partial charge in [-0.1, -0.05) is 11.6 Å². The van der Waals surface area contributed by atoms with Gasteiger partial charge in [-0.3, -0.25) is 4.79 Å². The number of hydrogen-bond donors (Lipinski definition) is 0. The molecule has 1 aromatic heterocycles. The second kappa shape index (κ2) is 5.63. The van der Waals surface area contributed by atoms with E-state index in [1.807, 2.05) is 18.4 Å². The zero-order valence-electron chi connectivity index (χ0n) is 10.8. The molecule has 0 saturated heterocycles. The number of methoxy groups -OCH3 is 2. The predicted molar refractivity (Wildman–Crippen MR) is 77.0 cm³/mol. The number of aryl methyl sites for hydroxylation is 1. The van der Waals surface area contributed by atoms with E-state index < -0.39 is 0 Å². The molecule has 0 unspecified atom stereocenters. The third-order valence-corrected chi connectivity index (χ3v) is 3.83. The second-order valence-electron chi connectivity index (χ2n) is 3.97. The zero-order chi connectivity index (χ0) is 14.0. The van der Waals surface area contributed by atoms with Crippen LogP contribution in [0.2, 0.25) is 5.02 Å². The van der Waals surface area contributed by atoms with Gasteiger partial charge in [0.2, 0.25) is 0 Å². The molecule has 0 radical (unpaired) electrons. The summed E-state index contributed by atoms with van der Waals surface area (Å²) in [5.41, 5.74) is 1.14. The van der Waals surface area contributed by atoms with E-state index in [9.17, 15) is 4.79 Å². The molecule has 1 heterocycles. The van der Waals surface area contributed by atoms with E-state index in [0.29, 0.717) is 27.6 Å².